The molecule has 118 valence electrons. The van der Waals surface area contributed by atoms with Gasteiger partial charge >= 0.3 is 0 Å². The zero-order valence-corrected chi connectivity index (χ0v) is 12.8. The van der Waals surface area contributed by atoms with Gasteiger partial charge < -0.3 is 20.2 Å². The molecular weight excluding hydrogens is 292 g/mol. The van der Waals surface area contributed by atoms with Crippen LogP contribution >= 0.6 is 0 Å². The third-order valence-electron chi connectivity index (χ3n) is 3.60. The standard InChI is InChI=1S/C18H18N2O3/c1-22-10-9-20-14-7-3-2-5-12(14)17-11-15(21)18-13(19)6-4-8-16(18)23-17/h2-8,11,20H,9-10,19H2,1H3. The Hall–Kier alpha value is -2.79. The average molecular weight is 310 g/mol. The van der Waals surface area contributed by atoms with Crippen molar-refractivity contribution in [1.29, 1.82) is 0 Å². The van der Waals surface area contributed by atoms with Gasteiger partial charge in [0.2, 0.25) is 0 Å². The highest BCUT2D eigenvalue weighted by molar-refractivity contribution is 5.90. The summed E-state index contributed by atoms with van der Waals surface area (Å²) in [4.78, 5) is 12.4. The van der Waals surface area contributed by atoms with E-state index >= 15 is 0 Å². The van der Waals surface area contributed by atoms with Crippen LogP contribution in [0.15, 0.2) is 57.7 Å². The van der Waals surface area contributed by atoms with Gasteiger partial charge in [-0.2, -0.15) is 0 Å². The molecule has 0 bridgehead atoms. The lowest BCUT2D eigenvalue weighted by Crippen LogP contribution is -2.09. The SMILES string of the molecule is COCCNc1ccccc1-c1cc(=O)c2c(N)cccc2o1. The maximum absolute atomic E-state index is 12.4. The van der Waals surface area contributed by atoms with Gasteiger partial charge in [0, 0.05) is 36.7 Å². The maximum atomic E-state index is 12.4. The molecule has 3 N–H and O–H groups in total. The number of anilines is 2. The first kappa shape index (κ1) is 15.1. The molecule has 0 atom stereocenters. The fraction of sp³-hybridized carbons (Fsp3) is 0.167. The summed E-state index contributed by atoms with van der Waals surface area (Å²) in [5, 5.41) is 3.70. The topological polar surface area (TPSA) is 77.5 Å². The Bertz CT molecular complexity index is 887. The number of para-hydroxylation sites is 1. The lowest BCUT2D eigenvalue weighted by atomic mass is 10.1. The zero-order valence-electron chi connectivity index (χ0n) is 12.8. The van der Waals surface area contributed by atoms with Crippen LogP contribution < -0.4 is 16.5 Å². The first-order chi connectivity index (χ1) is 11.2. The van der Waals surface area contributed by atoms with Crippen molar-refractivity contribution in [2.45, 2.75) is 0 Å². The van der Waals surface area contributed by atoms with Crippen molar-refractivity contribution in [2.24, 2.45) is 0 Å². The Morgan fingerprint density at radius 3 is 2.83 bits per heavy atom. The summed E-state index contributed by atoms with van der Waals surface area (Å²) < 4.78 is 11.0. The molecule has 0 aliphatic carbocycles. The summed E-state index contributed by atoms with van der Waals surface area (Å²) in [6.45, 7) is 1.25. The third-order valence-corrected chi connectivity index (χ3v) is 3.60. The molecule has 3 aromatic rings. The van der Waals surface area contributed by atoms with E-state index in [1.807, 2.05) is 24.3 Å². The minimum absolute atomic E-state index is 0.147. The van der Waals surface area contributed by atoms with E-state index in [-0.39, 0.29) is 5.43 Å². The van der Waals surface area contributed by atoms with E-state index in [2.05, 4.69) is 5.32 Å². The molecule has 0 unspecified atom stereocenters. The van der Waals surface area contributed by atoms with Gasteiger partial charge in [0.25, 0.3) is 0 Å². The van der Waals surface area contributed by atoms with Gasteiger partial charge in [0.15, 0.2) is 5.43 Å². The van der Waals surface area contributed by atoms with Crippen LogP contribution in [0.1, 0.15) is 0 Å². The molecule has 23 heavy (non-hydrogen) atoms. The molecule has 0 fully saturated rings. The van der Waals surface area contributed by atoms with Gasteiger partial charge in [0.1, 0.15) is 11.3 Å². The molecule has 1 heterocycles. The lowest BCUT2D eigenvalue weighted by molar-refractivity contribution is 0.211. The summed E-state index contributed by atoms with van der Waals surface area (Å²) in [5.74, 6) is 0.508. The van der Waals surface area contributed by atoms with Crippen molar-refractivity contribution in [3.05, 3.63) is 58.8 Å². The lowest BCUT2D eigenvalue weighted by Gasteiger charge is -2.11. The number of methoxy groups -OCH3 is 1. The summed E-state index contributed by atoms with van der Waals surface area (Å²) in [6, 6.07) is 14.4. The van der Waals surface area contributed by atoms with E-state index in [1.54, 1.807) is 25.3 Å². The van der Waals surface area contributed by atoms with E-state index in [1.165, 1.54) is 6.07 Å². The normalized spacial score (nSPS) is 10.8. The van der Waals surface area contributed by atoms with Crippen LogP contribution in [-0.2, 0) is 4.74 Å². The first-order valence-electron chi connectivity index (χ1n) is 7.35. The number of benzene rings is 2. The maximum Gasteiger partial charge on any atom is 0.195 e. The molecule has 0 aliphatic rings. The van der Waals surface area contributed by atoms with Gasteiger partial charge in [-0.05, 0) is 24.3 Å². The van der Waals surface area contributed by atoms with Crippen LogP contribution in [0.25, 0.3) is 22.3 Å². The minimum atomic E-state index is -0.147. The number of hydrogen-bond acceptors (Lipinski definition) is 5. The van der Waals surface area contributed by atoms with Crippen LogP contribution in [-0.4, -0.2) is 20.3 Å². The van der Waals surface area contributed by atoms with Crippen molar-refractivity contribution in [3.63, 3.8) is 0 Å². The largest absolute Gasteiger partial charge is 0.456 e. The molecule has 5 heteroatoms. The molecule has 0 aliphatic heterocycles. The predicted molar refractivity (Wildman–Crippen MR) is 92.7 cm³/mol. The van der Waals surface area contributed by atoms with E-state index < -0.39 is 0 Å². The second kappa shape index (κ2) is 6.54. The second-order valence-electron chi connectivity index (χ2n) is 5.16. The Labute approximate surface area is 133 Å². The number of ether oxygens (including phenoxy) is 1. The van der Waals surface area contributed by atoms with Gasteiger partial charge in [0.05, 0.1) is 12.0 Å². The molecule has 0 spiro atoms. The van der Waals surface area contributed by atoms with Crippen molar-refractivity contribution in [1.82, 2.24) is 0 Å². The first-order valence-corrected chi connectivity index (χ1v) is 7.35. The van der Waals surface area contributed by atoms with Gasteiger partial charge in [-0.15, -0.1) is 0 Å². The minimum Gasteiger partial charge on any atom is -0.456 e. The van der Waals surface area contributed by atoms with E-state index in [0.717, 1.165) is 11.3 Å². The summed E-state index contributed by atoms with van der Waals surface area (Å²) >= 11 is 0. The Morgan fingerprint density at radius 2 is 2.00 bits per heavy atom. The van der Waals surface area contributed by atoms with Gasteiger partial charge in [-0.25, -0.2) is 0 Å². The fourth-order valence-electron chi connectivity index (χ4n) is 2.51. The highest BCUT2D eigenvalue weighted by Gasteiger charge is 2.11. The highest BCUT2D eigenvalue weighted by Crippen LogP contribution is 2.29. The Balaban J connectivity index is 2.09. The number of nitrogens with one attached hydrogen (secondary N) is 1. The quantitative estimate of drug-likeness (QED) is 0.559. The average Bonchev–Trinajstić information content (AvgIpc) is 2.55. The van der Waals surface area contributed by atoms with Crippen molar-refractivity contribution in [2.75, 3.05) is 31.3 Å². The highest BCUT2D eigenvalue weighted by atomic mass is 16.5. The molecule has 3 rings (SSSR count). The smallest absolute Gasteiger partial charge is 0.195 e. The van der Waals surface area contributed by atoms with Crippen molar-refractivity contribution >= 4 is 22.3 Å². The summed E-state index contributed by atoms with van der Waals surface area (Å²) in [6.07, 6.45) is 0. The monoisotopic (exact) mass is 310 g/mol. The number of fused-ring (bicyclic) bond motifs is 1. The number of hydrogen-bond donors (Lipinski definition) is 2. The van der Waals surface area contributed by atoms with E-state index in [0.29, 0.717) is 35.6 Å². The fourth-order valence-corrected chi connectivity index (χ4v) is 2.51. The van der Waals surface area contributed by atoms with Crippen LogP contribution in [0.5, 0.6) is 0 Å². The molecule has 0 radical (unpaired) electrons. The van der Waals surface area contributed by atoms with Crippen LogP contribution in [0, 0.1) is 0 Å². The molecule has 0 saturated carbocycles. The zero-order chi connectivity index (χ0) is 16.2. The van der Waals surface area contributed by atoms with Crippen molar-refractivity contribution < 1.29 is 9.15 Å². The number of nitrogens with two attached hydrogens (primary N) is 1. The van der Waals surface area contributed by atoms with Crippen LogP contribution in [0.4, 0.5) is 11.4 Å². The third kappa shape index (κ3) is 3.05. The molecule has 0 amide bonds. The van der Waals surface area contributed by atoms with Gasteiger partial charge in [-0.1, -0.05) is 18.2 Å². The Morgan fingerprint density at radius 1 is 1.17 bits per heavy atom. The molecule has 1 aromatic heterocycles. The van der Waals surface area contributed by atoms with Crippen LogP contribution in [0.2, 0.25) is 0 Å². The van der Waals surface area contributed by atoms with Gasteiger partial charge in [-0.3, -0.25) is 4.79 Å². The number of nitrogen functional groups attached to an aromatic ring is 1. The van der Waals surface area contributed by atoms with Crippen molar-refractivity contribution in [3.8, 4) is 11.3 Å². The second-order valence-corrected chi connectivity index (χ2v) is 5.16. The van der Waals surface area contributed by atoms with E-state index in [9.17, 15) is 4.79 Å². The van der Waals surface area contributed by atoms with Crippen LogP contribution in [0.3, 0.4) is 0 Å². The molecule has 5 nitrogen and oxygen atoms in total. The predicted octanol–water partition coefficient (Wildman–Crippen LogP) is 3.10. The summed E-state index contributed by atoms with van der Waals surface area (Å²) in [5.41, 5.74) is 8.34. The molecule has 0 saturated heterocycles. The number of rotatable bonds is 5. The summed E-state index contributed by atoms with van der Waals surface area (Å²) in [7, 11) is 1.65. The molecule has 2 aromatic carbocycles. The van der Waals surface area contributed by atoms with E-state index in [4.69, 9.17) is 14.9 Å². The molecular formula is C18H18N2O3. The Kier molecular flexibility index (Phi) is 4.30.